The number of urea groups is 1. The van der Waals surface area contributed by atoms with Crippen LogP contribution in [0.1, 0.15) is 44.9 Å². The van der Waals surface area contributed by atoms with Crippen LogP contribution in [0.4, 0.5) is 4.79 Å². The minimum atomic E-state index is 0.0387. The van der Waals surface area contributed by atoms with E-state index in [-0.39, 0.29) is 24.0 Å². The number of rotatable bonds is 6. The fourth-order valence-corrected chi connectivity index (χ4v) is 3.73. The lowest BCUT2D eigenvalue weighted by molar-refractivity contribution is 0.118. The van der Waals surface area contributed by atoms with Gasteiger partial charge in [-0.3, -0.25) is 0 Å². The number of carbonyl (C=O) groups is 1. The second kappa shape index (κ2) is 7.99. The quantitative estimate of drug-likeness (QED) is 0.788. The van der Waals surface area contributed by atoms with E-state index in [4.69, 9.17) is 4.74 Å². The number of hydrogen-bond donors (Lipinski definition) is 2. The number of aliphatic hydroxyl groups excluding tert-OH is 1. The SMILES string of the molecule is COCCC1(CNC(=O)N2CCCC(CO)C2)CCCC1. The molecule has 0 aromatic rings. The van der Waals surface area contributed by atoms with Crippen molar-refractivity contribution >= 4 is 6.03 Å². The predicted octanol–water partition coefficient (Wildman–Crippen LogP) is 2.00. The molecule has 0 spiro atoms. The molecule has 1 unspecified atom stereocenters. The van der Waals surface area contributed by atoms with Gasteiger partial charge in [-0.05, 0) is 43.4 Å². The van der Waals surface area contributed by atoms with Crippen LogP contribution in [0.15, 0.2) is 0 Å². The minimum absolute atomic E-state index is 0.0387. The summed E-state index contributed by atoms with van der Waals surface area (Å²) in [6.45, 7) is 3.21. The number of nitrogens with one attached hydrogen (secondary N) is 1. The van der Waals surface area contributed by atoms with Crippen molar-refractivity contribution in [1.29, 1.82) is 0 Å². The second-order valence-corrected chi connectivity index (χ2v) is 6.75. The predicted molar refractivity (Wildman–Crippen MR) is 82.2 cm³/mol. The van der Waals surface area contributed by atoms with E-state index >= 15 is 0 Å². The van der Waals surface area contributed by atoms with Crippen molar-refractivity contribution in [1.82, 2.24) is 10.2 Å². The Morgan fingerprint density at radius 1 is 1.38 bits per heavy atom. The summed E-state index contributed by atoms with van der Waals surface area (Å²) in [6.07, 6.45) is 7.95. The Morgan fingerprint density at radius 3 is 2.81 bits per heavy atom. The number of likely N-dealkylation sites (tertiary alicyclic amines) is 1. The van der Waals surface area contributed by atoms with Gasteiger partial charge in [0.15, 0.2) is 0 Å². The lowest BCUT2D eigenvalue weighted by Gasteiger charge is -2.34. The fourth-order valence-electron chi connectivity index (χ4n) is 3.73. The third-order valence-electron chi connectivity index (χ3n) is 5.18. The third-order valence-corrected chi connectivity index (χ3v) is 5.18. The molecular formula is C16H30N2O3. The number of amides is 2. The average Bonchev–Trinajstić information content (AvgIpc) is 3.00. The molecule has 2 aliphatic rings. The van der Waals surface area contributed by atoms with Gasteiger partial charge in [-0.2, -0.15) is 0 Å². The molecule has 1 aliphatic heterocycles. The third kappa shape index (κ3) is 4.58. The van der Waals surface area contributed by atoms with Crippen LogP contribution in [0.3, 0.4) is 0 Å². The molecule has 0 radical (unpaired) electrons. The van der Waals surface area contributed by atoms with Crippen molar-refractivity contribution in [2.75, 3.05) is 40.0 Å². The summed E-state index contributed by atoms with van der Waals surface area (Å²) in [4.78, 5) is 14.2. The number of nitrogens with zero attached hydrogens (tertiary/aromatic N) is 1. The van der Waals surface area contributed by atoms with E-state index < -0.39 is 0 Å². The second-order valence-electron chi connectivity index (χ2n) is 6.75. The van der Waals surface area contributed by atoms with Crippen molar-refractivity contribution in [3.05, 3.63) is 0 Å². The Labute approximate surface area is 128 Å². The van der Waals surface area contributed by atoms with Crippen LogP contribution in [0.2, 0.25) is 0 Å². The molecule has 1 saturated heterocycles. The maximum Gasteiger partial charge on any atom is 0.317 e. The van der Waals surface area contributed by atoms with Crippen molar-refractivity contribution < 1.29 is 14.6 Å². The van der Waals surface area contributed by atoms with E-state index in [1.165, 1.54) is 25.7 Å². The van der Waals surface area contributed by atoms with Crippen molar-refractivity contribution in [3.8, 4) is 0 Å². The summed E-state index contributed by atoms with van der Waals surface area (Å²) in [6, 6.07) is 0.0387. The number of hydrogen-bond acceptors (Lipinski definition) is 3. The van der Waals surface area contributed by atoms with Crippen LogP contribution < -0.4 is 5.32 Å². The molecule has 2 amide bonds. The lowest BCUT2D eigenvalue weighted by atomic mass is 9.83. The Kier molecular flexibility index (Phi) is 6.30. The fraction of sp³-hybridized carbons (Fsp3) is 0.938. The smallest absolute Gasteiger partial charge is 0.317 e. The Bertz CT molecular complexity index is 329. The zero-order valence-electron chi connectivity index (χ0n) is 13.3. The van der Waals surface area contributed by atoms with Gasteiger partial charge in [0.05, 0.1) is 0 Å². The maximum atomic E-state index is 12.3. The normalized spacial score (nSPS) is 25.0. The molecule has 5 nitrogen and oxygen atoms in total. The number of ether oxygens (including phenoxy) is 1. The highest BCUT2D eigenvalue weighted by molar-refractivity contribution is 5.74. The molecule has 2 N–H and O–H groups in total. The molecular weight excluding hydrogens is 268 g/mol. The number of carbonyl (C=O) groups excluding carboxylic acids is 1. The first kappa shape index (κ1) is 16.6. The maximum absolute atomic E-state index is 12.3. The molecule has 5 heteroatoms. The standard InChI is InChI=1S/C16H30N2O3/c1-21-10-8-16(6-2-3-7-16)13-17-15(20)18-9-4-5-14(11-18)12-19/h14,19H,2-13H2,1H3,(H,17,20). The molecule has 2 rings (SSSR count). The van der Waals surface area contributed by atoms with E-state index in [0.717, 1.165) is 39.0 Å². The Balaban J connectivity index is 1.81. The van der Waals surface area contributed by atoms with E-state index in [0.29, 0.717) is 6.54 Å². The molecule has 1 saturated carbocycles. The molecule has 1 heterocycles. The van der Waals surface area contributed by atoms with Crippen LogP contribution in [0, 0.1) is 11.3 Å². The number of methoxy groups -OCH3 is 1. The lowest BCUT2D eigenvalue weighted by Crippen LogP contribution is -2.48. The van der Waals surface area contributed by atoms with E-state index in [1.807, 2.05) is 4.90 Å². The van der Waals surface area contributed by atoms with Gasteiger partial charge in [0, 0.05) is 40.0 Å². The molecule has 21 heavy (non-hydrogen) atoms. The zero-order chi connectivity index (χ0) is 15.1. The monoisotopic (exact) mass is 298 g/mol. The largest absolute Gasteiger partial charge is 0.396 e. The average molecular weight is 298 g/mol. The van der Waals surface area contributed by atoms with Crippen LogP contribution in [0.25, 0.3) is 0 Å². The van der Waals surface area contributed by atoms with Gasteiger partial charge in [0.2, 0.25) is 0 Å². The topological polar surface area (TPSA) is 61.8 Å². The van der Waals surface area contributed by atoms with Crippen molar-refractivity contribution in [3.63, 3.8) is 0 Å². The first-order chi connectivity index (χ1) is 10.2. The summed E-state index contributed by atoms with van der Waals surface area (Å²) >= 11 is 0. The Hall–Kier alpha value is -0.810. The van der Waals surface area contributed by atoms with Crippen LogP contribution >= 0.6 is 0 Å². The van der Waals surface area contributed by atoms with Gasteiger partial charge in [0.1, 0.15) is 0 Å². The van der Waals surface area contributed by atoms with Gasteiger partial charge >= 0.3 is 6.03 Å². The molecule has 1 aliphatic carbocycles. The highest BCUT2D eigenvalue weighted by atomic mass is 16.5. The zero-order valence-corrected chi connectivity index (χ0v) is 13.3. The van der Waals surface area contributed by atoms with Gasteiger partial charge in [-0.25, -0.2) is 4.79 Å². The molecule has 2 fully saturated rings. The molecule has 0 aromatic carbocycles. The van der Waals surface area contributed by atoms with Crippen LogP contribution in [-0.2, 0) is 4.74 Å². The van der Waals surface area contributed by atoms with E-state index in [9.17, 15) is 9.90 Å². The summed E-state index contributed by atoms with van der Waals surface area (Å²) in [7, 11) is 1.74. The number of piperidine rings is 1. The Morgan fingerprint density at radius 2 is 2.14 bits per heavy atom. The van der Waals surface area contributed by atoms with E-state index in [1.54, 1.807) is 7.11 Å². The first-order valence-electron chi connectivity index (χ1n) is 8.32. The number of aliphatic hydroxyl groups is 1. The van der Waals surface area contributed by atoms with Gasteiger partial charge in [-0.15, -0.1) is 0 Å². The van der Waals surface area contributed by atoms with Gasteiger partial charge in [-0.1, -0.05) is 12.8 Å². The summed E-state index contributed by atoms with van der Waals surface area (Å²) in [5.41, 5.74) is 0.234. The van der Waals surface area contributed by atoms with Crippen molar-refractivity contribution in [2.45, 2.75) is 44.9 Å². The molecule has 1 atom stereocenters. The van der Waals surface area contributed by atoms with Crippen LogP contribution in [-0.4, -0.2) is 56.0 Å². The summed E-state index contributed by atoms with van der Waals surface area (Å²) in [5.74, 6) is 0.249. The van der Waals surface area contributed by atoms with E-state index in [2.05, 4.69) is 5.32 Å². The highest BCUT2D eigenvalue weighted by Crippen LogP contribution is 2.40. The first-order valence-corrected chi connectivity index (χ1v) is 8.32. The molecule has 0 aromatic heterocycles. The highest BCUT2D eigenvalue weighted by Gasteiger charge is 2.34. The molecule has 122 valence electrons. The van der Waals surface area contributed by atoms with Gasteiger partial charge < -0.3 is 20.1 Å². The summed E-state index contributed by atoms with van der Waals surface area (Å²) < 4.78 is 5.23. The molecule has 0 bridgehead atoms. The minimum Gasteiger partial charge on any atom is -0.396 e. The van der Waals surface area contributed by atoms with Crippen LogP contribution in [0.5, 0.6) is 0 Å². The summed E-state index contributed by atoms with van der Waals surface area (Å²) in [5, 5.41) is 12.4. The van der Waals surface area contributed by atoms with Crippen molar-refractivity contribution in [2.24, 2.45) is 11.3 Å². The van der Waals surface area contributed by atoms with Gasteiger partial charge in [0.25, 0.3) is 0 Å².